The van der Waals surface area contributed by atoms with Crippen LogP contribution in [0.2, 0.25) is 0 Å². The van der Waals surface area contributed by atoms with Crippen molar-refractivity contribution in [3.05, 3.63) is 47.4 Å². The van der Waals surface area contributed by atoms with E-state index in [0.29, 0.717) is 0 Å². The van der Waals surface area contributed by atoms with Gasteiger partial charge in [-0.15, -0.1) is 0 Å². The first-order valence-electron chi connectivity index (χ1n) is 9.53. The van der Waals surface area contributed by atoms with E-state index >= 15 is 0 Å². The average Bonchev–Trinajstić information content (AvgIpc) is 2.69. The lowest BCUT2D eigenvalue weighted by Crippen LogP contribution is -2.45. The Bertz CT molecular complexity index is 1080. The first-order valence-corrected chi connectivity index (χ1v) is 9.53. The second-order valence-corrected chi connectivity index (χ2v) is 7.74. The zero-order valence-corrected chi connectivity index (χ0v) is 17.5. The summed E-state index contributed by atoms with van der Waals surface area (Å²) < 4.78 is 20.1. The van der Waals surface area contributed by atoms with Gasteiger partial charge in [-0.1, -0.05) is 6.07 Å². The highest BCUT2D eigenvalue weighted by Crippen LogP contribution is 2.35. The summed E-state index contributed by atoms with van der Waals surface area (Å²) in [5, 5.41) is 20.8. The molecule has 3 rings (SSSR count). The Hall–Kier alpha value is -3.82. The molecule has 0 saturated heterocycles. The van der Waals surface area contributed by atoms with Crippen molar-refractivity contribution < 1.29 is 18.7 Å². The molecule has 0 spiro atoms. The Morgan fingerprint density at radius 1 is 1.35 bits per heavy atom. The van der Waals surface area contributed by atoms with Crippen LogP contribution in [0.25, 0.3) is 0 Å². The number of ether oxygens (including phenoxy) is 1. The van der Waals surface area contributed by atoms with Gasteiger partial charge in [0.1, 0.15) is 23.1 Å². The minimum Gasteiger partial charge on any atom is -0.476 e. The fraction of sp³-hybridized carbons (Fsp3) is 0.286. The number of halogens is 1. The predicted molar refractivity (Wildman–Crippen MR) is 115 cm³/mol. The maximum absolute atomic E-state index is 14.6. The molecule has 10 heteroatoms. The number of carbonyl (C=O) groups is 2. The van der Waals surface area contributed by atoms with Crippen molar-refractivity contribution in [2.24, 2.45) is 0 Å². The van der Waals surface area contributed by atoms with E-state index in [0.717, 1.165) is 12.4 Å². The quantitative estimate of drug-likeness (QED) is 0.431. The maximum Gasteiger partial charge on any atom is 0.268 e. The van der Waals surface area contributed by atoms with Crippen LogP contribution >= 0.6 is 0 Å². The SMILES string of the molecule is CC(C)N(C=N)C(=N)c1cccc(NC(=O)c2cc3c(cc2F)OC(C)(C)C(=O)N3)n1. The Morgan fingerprint density at radius 3 is 2.71 bits per heavy atom. The Balaban J connectivity index is 1.84. The van der Waals surface area contributed by atoms with Crippen LogP contribution in [0.15, 0.2) is 30.3 Å². The number of hydrogen-bond acceptors (Lipinski definition) is 6. The second kappa shape index (κ2) is 8.13. The molecule has 0 bridgehead atoms. The predicted octanol–water partition coefficient (Wildman–Crippen LogP) is 3.23. The summed E-state index contributed by atoms with van der Waals surface area (Å²) in [5.74, 6) is -1.77. The minimum absolute atomic E-state index is 0.0106. The van der Waals surface area contributed by atoms with Crippen LogP contribution in [0.5, 0.6) is 5.75 Å². The summed E-state index contributed by atoms with van der Waals surface area (Å²) in [6.07, 6.45) is 1.03. The van der Waals surface area contributed by atoms with Crippen LogP contribution < -0.4 is 15.4 Å². The summed E-state index contributed by atoms with van der Waals surface area (Å²) in [4.78, 5) is 30.4. The molecule has 4 N–H and O–H groups in total. The van der Waals surface area contributed by atoms with Crippen LogP contribution in [0.1, 0.15) is 43.7 Å². The van der Waals surface area contributed by atoms with Gasteiger partial charge in [0.25, 0.3) is 11.8 Å². The normalized spacial score (nSPS) is 14.2. The number of carbonyl (C=O) groups excluding carboxylic acids is 2. The Kier molecular flexibility index (Phi) is 5.74. The molecule has 2 amide bonds. The molecule has 1 aromatic heterocycles. The van der Waals surface area contributed by atoms with Gasteiger partial charge < -0.3 is 20.3 Å². The molecule has 1 aliphatic rings. The molecule has 2 aromatic rings. The lowest BCUT2D eigenvalue weighted by atomic mass is 10.0. The van der Waals surface area contributed by atoms with E-state index in [2.05, 4.69) is 15.6 Å². The first-order chi connectivity index (χ1) is 14.5. The van der Waals surface area contributed by atoms with Crippen LogP contribution in [-0.4, -0.2) is 45.5 Å². The third kappa shape index (κ3) is 4.37. The van der Waals surface area contributed by atoms with Crippen LogP contribution in [-0.2, 0) is 4.79 Å². The van der Waals surface area contributed by atoms with Gasteiger partial charge >= 0.3 is 0 Å². The fourth-order valence-corrected chi connectivity index (χ4v) is 2.93. The molecule has 0 aliphatic carbocycles. The molecule has 9 nitrogen and oxygen atoms in total. The Labute approximate surface area is 178 Å². The van der Waals surface area contributed by atoms with E-state index in [1.807, 2.05) is 13.8 Å². The second-order valence-electron chi connectivity index (χ2n) is 7.74. The lowest BCUT2D eigenvalue weighted by Gasteiger charge is -2.31. The van der Waals surface area contributed by atoms with Gasteiger partial charge in [-0.2, -0.15) is 0 Å². The van der Waals surface area contributed by atoms with Gasteiger partial charge in [0.05, 0.1) is 17.6 Å². The zero-order valence-electron chi connectivity index (χ0n) is 17.5. The fourth-order valence-electron chi connectivity index (χ4n) is 2.93. The smallest absolute Gasteiger partial charge is 0.268 e. The largest absolute Gasteiger partial charge is 0.476 e. The number of amidine groups is 1. The van der Waals surface area contributed by atoms with E-state index in [4.69, 9.17) is 15.6 Å². The molecule has 0 atom stereocenters. The number of pyridine rings is 1. The first kappa shape index (κ1) is 21.9. The number of hydrogen-bond donors (Lipinski definition) is 4. The van der Waals surface area contributed by atoms with Crippen molar-refractivity contribution in [3.8, 4) is 5.75 Å². The number of rotatable bonds is 5. The van der Waals surface area contributed by atoms with Crippen molar-refractivity contribution in [3.63, 3.8) is 0 Å². The van der Waals surface area contributed by atoms with Gasteiger partial charge in [-0.05, 0) is 45.9 Å². The molecule has 1 aromatic carbocycles. The molecule has 2 heterocycles. The molecule has 162 valence electrons. The summed E-state index contributed by atoms with van der Waals surface area (Å²) >= 11 is 0. The lowest BCUT2D eigenvalue weighted by molar-refractivity contribution is -0.129. The highest BCUT2D eigenvalue weighted by Gasteiger charge is 2.36. The highest BCUT2D eigenvalue weighted by molar-refractivity contribution is 6.07. The van der Waals surface area contributed by atoms with E-state index in [-0.39, 0.29) is 40.4 Å². The van der Waals surface area contributed by atoms with Gasteiger partial charge in [0, 0.05) is 12.1 Å². The molecular weight excluding hydrogens is 403 g/mol. The Morgan fingerprint density at radius 2 is 2.06 bits per heavy atom. The minimum atomic E-state index is -1.15. The van der Waals surface area contributed by atoms with Crippen LogP contribution in [0, 0.1) is 16.6 Å². The molecule has 0 saturated carbocycles. The van der Waals surface area contributed by atoms with Crippen molar-refractivity contribution >= 4 is 35.5 Å². The van der Waals surface area contributed by atoms with E-state index in [1.54, 1.807) is 26.0 Å². The third-order valence-corrected chi connectivity index (χ3v) is 4.66. The van der Waals surface area contributed by atoms with Crippen LogP contribution in [0.3, 0.4) is 0 Å². The summed E-state index contributed by atoms with van der Waals surface area (Å²) in [7, 11) is 0. The van der Waals surface area contributed by atoms with Crippen molar-refractivity contribution in [1.29, 1.82) is 10.8 Å². The van der Waals surface area contributed by atoms with E-state index in [9.17, 15) is 14.0 Å². The van der Waals surface area contributed by atoms with E-state index in [1.165, 1.54) is 17.0 Å². The summed E-state index contributed by atoms with van der Waals surface area (Å²) in [6, 6.07) is 6.79. The topological polar surface area (TPSA) is 131 Å². The van der Waals surface area contributed by atoms with Gasteiger partial charge in [-0.3, -0.25) is 20.4 Å². The zero-order chi connectivity index (χ0) is 22.9. The van der Waals surface area contributed by atoms with Gasteiger partial charge in [-0.25, -0.2) is 9.37 Å². The highest BCUT2D eigenvalue weighted by atomic mass is 19.1. The number of nitrogens with zero attached hydrogens (tertiary/aromatic N) is 2. The molecular formula is C21H23FN6O3. The third-order valence-electron chi connectivity index (χ3n) is 4.66. The van der Waals surface area contributed by atoms with Crippen molar-refractivity contribution in [2.75, 3.05) is 10.6 Å². The summed E-state index contributed by atoms with van der Waals surface area (Å²) in [5.41, 5.74) is -1.02. The number of fused-ring (bicyclic) bond motifs is 1. The van der Waals surface area contributed by atoms with Gasteiger partial charge in [0.2, 0.25) is 0 Å². The molecule has 0 fully saturated rings. The molecule has 31 heavy (non-hydrogen) atoms. The maximum atomic E-state index is 14.6. The monoisotopic (exact) mass is 426 g/mol. The number of aromatic nitrogens is 1. The number of nitrogens with one attached hydrogen (secondary N) is 4. The number of amides is 2. The van der Waals surface area contributed by atoms with Crippen molar-refractivity contribution in [2.45, 2.75) is 39.3 Å². The average molecular weight is 426 g/mol. The number of benzene rings is 1. The number of anilines is 2. The van der Waals surface area contributed by atoms with Crippen molar-refractivity contribution in [1.82, 2.24) is 9.88 Å². The van der Waals surface area contributed by atoms with Crippen LogP contribution in [0.4, 0.5) is 15.9 Å². The van der Waals surface area contributed by atoms with Gasteiger partial charge in [0.15, 0.2) is 11.4 Å². The molecule has 0 radical (unpaired) electrons. The molecule has 0 unspecified atom stereocenters. The molecule has 1 aliphatic heterocycles. The standard InChI is InChI=1S/C21H23FN6O3/c1-11(2)28(10-23)18(24)14-6-5-7-17(25-14)27-19(29)12-8-15-16(9-13(12)22)31-21(3,4)20(30)26-15/h5-11,23-24H,1-4H3,(H,26,30)(H,25,27,29). The summed E-state index contributed by atoms with van der Waals surface area (Å²) in [6.45, 7) is 6.76. The van der Waals surface area contributed by atoms with E-state index < -0.39 is 23.2 Å².